The number of benzene rings is 6. The van der Waals surface area contributed by atoms with Crippen LogP contribution in [0.5, 0.6) is 0 Å². The van der Waals surface area contributed by atoms with Gasteiger partial charge in [0.15, 0.2) is 0 Å². The third-order valence-corrected chi connectivity index (χ3v) is 10.2. The molecule has 0 heterocycles. The summed E-state index contributed by atoms with van der Waals surface area (Å²) in [6.07, 6.45) is 8.81. The normalized spacial score (nSPS) is 12.0. The Morgan fingerprint density at radius 1 is 0.562 bits per heavy atom. The van der Waals surface area contributed by atoms with E-state index >= 15 is 0 Å². The van der Waals surface area contributed by atoms with Crippen molar-refractivity contribution in [2.45, 2.75) is 33.1 Å². The van der Waals surface area contributed by atoms with Crippen molar-refractivity contribution in [2.75, 3.05) is 0 Å². The fourth-order valence-electron chi connectivity index (χ4n) is 6.04. The molecule has 0 fully saturated rings. The predicted molar refractivity (Wildman–Crippen MR) is 204 cm³/mol. The second-order valence-corrected chi connectivity index (χ2v) is 13.2. The van der Waals surface area contributed by atoms with Gasteiger partial charge >= 0.3 is 99.2 Å². The van der Waals surface area contributed by atoms with Crippen LogP contribution in [-0.2, 0) is 37.1 Å². The average molecular weight is 696 g/mol. The first-order valence-electron chi connectivity index (χ1n) is 16.9. The van der Waals surface area contributed by atoms with E-state index in [0.717, 1.165) is 19.3 Å². The molecular formula is C47H40Zr. The second kappa shape index (κ2) is 16.5. The number of hydrogen-bond donors (Lipinski definition) is 0. The minimum absolute atomic E-state index is 0.911. The van der Waals surface area contributed by atoms with Crippen LogP contribution in [0, 0.1) is 6.08 Å². The van der Waals surface area contributed by atoms with Crippen LogP contribution in [0.3, 0.4) is 0 Å². The molecule has 0 saturated heterocycles. The summed E-state index contributed by atoms with van der Waals surface area (Å²) in [4.78, 5) is 0. The van der Waals surface area contributed by atoms with Crippen molar-refractivity contribution in [3.8, 4) is 0 Å². The molecule has 0 amide bonds. The minimum atomic E-state index is 0.911. The van der Waals surface area contributed by atoms with Gasteiger partial charge in [0, 0.05) is 0 Å². The fourth-order valence-corrected chi connectivity index (χ4v) is 6.86. The molecule has 0 saturated carbocycles. The first-order chi connectivity index (χ1) is 23.6. The summed E-state index contributed by atoms with van der Waals surface area (Å²) in [5.41, 5.74) is 10.6. The van der Waals surface area contributed by atoms with Gasteiger partial charge in [-0.05, 0) is 18.4 Å². The number of allylic oxidation sites excluding steroid dienone is 4. The van der Waals surface area contributed by atoms with Crippen LogP contribution in [0.25, 0.3) is 32.7 Å². The molecule has 0 radical (unpaired) electrons. The summed E-state index contributed by atoms with van der Waals surface area (Å²) < 4.78 is 1.42. The fraction of sp³-hybridized carbons (Fsp3) is 0.106. The molecule has 7 aromatic carbocycles. The van der Waals surface area contributed by atoms with Gasteiger partial charge in [-0.25, -0.2) is 0 Å². The van der Waals surface area contributed by atoms with E-state index in [2.05, 4.69) is 178 Å². The van der Waals surface area contributed by atoms with Crippen molar-refractivity contribution in [2.24, 2.45) is 0 Å². The summed E-state index contributed by atoms with van der Waals surface area (Å²) in [7, 11) is 0. The Morgan fingerprint density at radius 3 is 1.46 bits per heavy atom. The Balaban J connectivity index is 0.000000126. The zero-order chi connectivity index (χ0) is 33.1. The van der Waals surface area contributed by atoms with E-state index in [0.29, 0.717) is 0 Å². The van der Waals surface area contributed by atoms with Crippen molar-refractivity contribution < 1.29 is 24.2 Å². The van der Waals surface area contributed by atoms with E-state index in [4.69, 9.17) is 0 Å². The van der Waals surface area contributed by atoms with Crippen LogP contribution < -0.4 is 0 Å². The Morgan fingerprint density at radius 2 is 1.00 bits per heavy atom. The molecule has 1 aliphatic rings. The molecule has 1 heteroatoms. The number of rotatable bonds is 6. The molecule has 8 rings (SSSR count). The molecule has 0 aromatic heterocycles. The van der Waals surface area contributed by atoms with E-state index < -0.39 is 0 Å². The predicted octanol–water partition coefficient (Wildman–Crippen LogP) is 12.0. The van der Waals surface area contributed by atoms with Crippen LogP contribution in [0.2, 0.25) is 0 Å². The van der Waals surface area contributed by atoms with Gasteiger partial charge in [-0.15, -0.1) is 63.0 Å². The Hall–Kier alpha value is -4.58. The van der Waals surface area contributed by atoms with Crippen LogP contribution in [0.15, 0.2) is 170 Å². The number of hydrogen-bond acceptors (Lipinski definition) is 0. The summed E-state index contributed by atoms with van der Waals surface area (Å²) >= 11 is 1.46. The van der Waals surface area contributed by atoms with E-state index in [9.17, 15) is 0 Å². The van der Waals surface area contributed by atoms with Gasteiger partial charge in [0.05, 0.1) is 0 Å². The molecule has 1 aliphatic carbocycles. The molecule has 0 nitrogen and oxygen atoms in total. The first kappa shape index (κ1) is 33.3. The van der Waals surface area contributed by atoms with Crippen LogP contribution in [-0.4, -0.2) is 3.21 Å². The zero-order valence-corrected chi connectivity index (χ0v) is 30.2. The molecule has 232 valence electrons. The SMILES string of the molecule is CCc1ccc2c(c1)[cH-]c1cc(CC)ccc12.[C-]1=C(c2ccccc2)C=C(c2ccccc2)C1.[Zr+2]=[C](c1ccccc1)c1ccccc1. The number of aryl methyl sites for hydroxylation is 2. The van der Waals surface area contributed by atoms with Gasteiger partial charge in [-0.3, -0.25) is 0 Å². The summed E-state index contributed by atoms with van der Waals surface area (Å²) in [5.74, 6) is 0. The van der Waals surface area contributed by atoms with Crippen molar-refractivity contribution in [1.82, 2.24) is 0 Å². The Kier molecular flexibility index (Phi) is 11.5. The molecule has 7 aromatic rings. The van der Waals surface area contributed by atoms with Crippen LogP contribution in [0.1, 0.15) is 53.6 Å². The average Bonchev–Trinajstić information content (AvgIpc) is 3.81. The molecular weight excluding hydrogens is 656 g/mol. The zero-order valence-electron chi connectivity index (χ0n) is 27.8. The van der Waals surface area contributed by atoms with Crippen molar-refractivity contribution in [1.29, 1.82) is 0 Å². The van der Waals surface area contributed by atoms with E-state index in [1.165, 1.54) is 93.5 Å². The molecule has 0 aliphatic heterocycles. The molecule has 0 bridgehead atoms. The van der Waals surface area contributed by atoms with E-state index in [1.54, 1.807) is 0 Å². The maximum absolute atomic E-state index is 3.45. The van der Waals surface area contributed by atoms with Gasteiger partial charge in [0.25, 0.3) is 0 Å². The first-order valence-corrected chi connectivity index (χ1v) is 18.1. The summed E-state index contributed by atoms with van der Waals surface area (Å²) in [6.45, 7) is 4.41. The third-order valence-electron chi connectivity index (χ3n) is 8.79. The van der Waals surface area contributed by atoms with E-state index in [1.807, 2.05) is 12.1 Å². The monoisotopic (exact) mass is 694 g/mol. The molecule has 0 spiro atoms. The second-order valence-electron chi connectivity index (χ2n) is 12.0. The van der Waals surface area contributed by atoms with Gasteiger partial charge in [0.2, 0.25) is 0 Å². The van der Waals surface area contributed by atoms with E-state index in [-0.39, 0.29) is 0 Å². The Labute approximate surface area is 300 Å². The van der Waals surface area contributed by atoms with Crippen LogP contribution >= 0.6 is 0 Å². The van der Waals surface area contributed by atoms with Gasteiger partial charge in [-0.2, -0.15) is 17.7 Å². The Bertz CT molecular complexity index is 2050. The summed E-state index contributed by atoms with van der Waals surface area (Å²) in [6, 6.07) is 58.1. The van der Waals surface area contributed by atoms with Crippen molar-refractivity contribution in [3.63, 3.8) is 0 Å². The standard InChI is InChI=1S/C17H17.C17H13.C13H10.Zr/c1-3-12-5-7-16-14(9-12)11-15-10-13(4-2)6-8-17(15)16;1-3-7-14(8-4-1)16-11-12-17(13-16)15-9-5-2-6-10-15;1-3-7-12(8-4-1)11-13-9-5-2-6-10-13;/h5-11H,3-4H2,1-2H3;1-10,13H,11H2;1-10H;/q2*-1;;+2. The maximum atomic E-state index is 3.45. The molecule has 0 atom stereocenters. The van der Waals surface area contributed by atoms with Crippen molar-refractivity contribution >= 4 is 35.9 Å². The molecule has 48 heavy (non-hydrogen) atoms. The molecule has 0 N–H and O–H groups in total. The molecule has 0 unspecified atom stereocenters. The topological polar surface area (TPSA) is 0 Å². The number of fused-ring (bicyclic) bond motifs is 3. The summed E-state index contributed by atoms with van der Waals surface area (Å²) in [5, 5.41) is 5.54. The van der Waals surface area contributed by atoms with Gasteiger partial charge < -0.3 is 0 Å². The van der Waals surface area contributed by atoms with Gasteiger partial charge in [0.1, 0.15) is 0 Å². The van der Waals surface area contributed by atoms with Crippen molar-refractivity contribution in [3.05, 3.63) is 209 Å². The third kappa shape index (κ3) is 8.28. The quantitative estimate of drug-likeness (QED) is 0.152. The van der Waals surface area contributed by atoms with Crippen LogP contribution in [0.4, 0.5) is 0 Å². The van der Waals surface area contributed by atoms with Gasteiger partial charge in [-0.1, -0.05) is 104 Å².